The summed E-state index contributed by atoms with van der Waals surface area (Å²) < 4.78 is 0. The zero-order chi connectivity index (χ0) is 15.4. The highest BCUT2D eigenvalue weighted by molar-refractivity contribution is 6.39. The van der Waals surface area contributed by atoms with Crippen molar-refractivity contribution in [3.05, 3.63) is 28.2 Å². The molecule has 1 aromatic rings. The summed E-state index contributed by atoms with van der Waals surface area (Å²) in [5.41, 5.74) is 0.388. The molecule has 1 aliphatic rings. The van der Waals surface area contributed by atoms with E-state index >= 15 is 0 Å². The normalized spacial score (nSPS) is 15.8. The number of urea groups is 1. The van der Waals surface area contributed by atoms with Gasteiger partial charge in [0.2, 0.25) is 0 Å². The smallest absolute Gasteiger partial charge is 0.322 e. The molecular weight excluding hydrogens is 317 g/mol. The van der Waals surface area contributed by atoms with Crippen LogP contribution in [0, 0.1) is 0 Å². The maximum Gasteiger partial charge on any atom is 0.322 e. The molecule has 21 heavy (non-hydrogen) atoms. The molecular formula is C13H15Cl2N3O3. The number of hydrogen-bond acceptors (Lipinski definition) is 3. The van der Waals surface area contributed by atoms with Gasteiger partial charge in [-0.2, -0.15) is 0 Å². The molecule has 8 heteroatoms. The third-order valence-corrected chi connectivity index (χ3v) is 3.84. The van der Waals surface area contributed by atoms with Gasteiger partial charge in [0.15, 0.2) is 0 Å². The maximum absolute atomic E-state index is 12.2. The summed E-state index contributed by atoms with van der Waals surface area (Å²) in [5.74, 6) is -0.865. The fraction of sp³-hybridized carbons (Fsp3) is 0.385. The van der Waals surface area contributed by atoms with Gasteiger partial charge in [-0.05, 0) is 12.1 Å². The predicted molar refractivity (Wildman–Crippen MR) is 81.1 cm³/mol. The van der Waals surface area contributed by atoms with Gasteiger partial charge < -0.3 is 15.3 Å². The van der Waals surface area contributed by atoms with E-state index in [2.05, 4.69) is 5.32 Å². The van der Waals surface area contributed by atoms with E-state index in [-0.39, 0.29) is 12.6 Å². The SMILES string of the molecule is O=C(O)CN1CCN(C(=O)Nc2c(Cl)cccc2Cl)CC1. The quantitative estimate of drug-likeness (QED) is 0.890. The number of carboxylic acids is 1. The van der Waals surface area contributed by atoms with Crippen LogP contribution in [0.5, 0.6) is 0 Å². The zero-order valence-electron chi connectivity index (χ0n) is 11.2. The van der Waals surface area contributed by atoms with Crippen molar-refractivity contribution in [1.82, 2.24) is 9.80 Å². The van der Waals surface area contributed by atoms with Crippen LogP contribution < -0.4 is 5.32 Å². The lowest BCUT2D eigenvalue weighted by molar-refractivity contribution is -0.138. The number of rotatable bonds is 3. The van der Waals surface area contributed by atoms with Gasteiger partial charge in [-0.25, -0.2) is 4.79 Å². The van der Waals surface area contributed by atoms with Gasteiger partial charge in [-0.3, -0.25) is 9.69 Å². The molecule has 0 radical (unpaired) electrons. The van der Waals surface area contributed by atoms with Crippen molar-refractivity contribution < 1.29 is 14.7 Å². The number of anilines is 1. The fourth-order valence-corrected chi connectivity index (χ4v) is 2.60. The number of benzene rings is 1. The average Bonchev–Trinajstić information content (AvgIpc) is 2.43. The first-order valence-electron chi connectivity index (χ1n) is 6.41. The molecule has 6 nitrogen and oxygen atoms in total. The molecule has 0 atom stereocenters. The van der Waals surface area contributed by atoms with E-state index < -0.39 is 5.97 Å². The van der Waals surface area contributed by atoms with E-state index in [1.54, 1.807) is 28.0 Å². The summed E-state index contributed by atoms with van der Waals surface area (Å²) in [6.45, 7) is 1.96. The molecule has 2 N–H and O–H groups in total. The molecule has 2 rings (SSSR count). The van der Waals surface area contributed by atoms with Crippen LogP contribution in [-0.4, -0.2) is 59.6 Å². The van der Waals surface area contributed by atoms with Gasteiger partial charge in [0.05, 0.1) is 22.3 Å². The van der Waals surface area contributed by atoms with Gasteiger partial charge in [0, 0.05) is 26.2 Å². The molecule has 1 aliphatic heterocycles. The molecule has 0 unspecified atom stereocenters. The minimum absolute atomic E-state index is 0.00813. The second-order valence-electron chi connectivity index (χ2n) is 4.68. The first kappa shape index (κ1) is 15.9. The minimum Gasteiger partial charge on any atom is -0.480 e. The largest absolute Gasteiger partial charge is 0.480 e. The molecule has 1 saturated heterocycles. The third-order valence-electron chi connectivity index (χ3n) is 3.21. The first-order chi connectivity index (χ1) is 9.97. The lowest BCUT2D eigenvalue weighted by atomic mass is 10.3. The number of halogens is 2. The van der Waals surface area contributed by atoms with Crippen LogP contribution in [-0.2, 0) is 4.79 Å². The molecule has 1 fully saturated rings. The van der Waals surface area contributed by atoms with Crippen molar-refractivity contribution in [2.24, 2.45) is 0 Å². The maximum atomic E-state index is 12.2. The van der Waals surface area contributed by atoms with E-state index in [1.807, 2.05) is 0 Å². The fourth-order valence-electron chi connectivity index (χ4n) is 2.10. The molecule has 0 bridgehead atoms. The van der Waals surface area contributed by atoms with Crippen molar-refractivity contribution >= 4 is 40.9 Å². The van der Waals surface area contributed by atoms with Crippen LogP contribution in [0.4, 0.5) is 10.5 Å². The molecule has 114 valence electrons. The molecule has 0 aromatic heterocycles. The summed E-state index contributed by atoms with van der Waals surface area (Å²) in [6, 6.07) is 4.70. The van der Waals surface area contributed by atoms with Crippen molar-refractivity contribution in [2.75, 3.05) is 38.0 Å². The molecule has 0 aliphatic carbocycles. The predicted octanol–water partition coefficient (Wildman–Crippen LogP) is 2.23. The Balaban J connectivity index is 1.92. The van der Waals surface area contributed by atoms with Gasteiger partial charge in [0.1, 0.15) is 0 Å². The second kappa shape index (κ2) is 6.98. The van der Waals surface area contributed by atoms with E-state index in [9.17, 15) is 9.59 Å². The second-order valence-corrected chi connectivity index (χ2v) is 5.50. The molecule has 1 aromatic carbocycles. The Morgan fingerprint density at radius 2 is 1.71 bits per heavy atom. The van der Waals surface area contributed by atoms with Gasteiger partial charge in [-0.15, -0.1) is 0 Å². The van der Waals surface area contributed by atoms with Crippen LogP contribution in [0.2, 0.25) is 10.0 Å². The molecule has 0 saturated carbocycles. The van der Waals surface area contributed by atoms with Gasteiger partial charge >= 0.3 is 12.0 Å². The number of amides is 2. The number of carbonyl (C=O) groups is 2. The monoisotopic (exact) mass is 331 g/mol. The topological polar surface area (TPSA) is 72.9 Å². The van der Waals surface area contributed by atoms with Crippen molar-refractivity contribution in [2.45, 2.75) is 0 Å². The first-order valence-corrected chi connectivity index (χ1v) is 7.17. The van der Waals surface area contributed by atoms with Crippen LogP contribution in [0.15, 0.2) is 18.2 Å². The number of carbonyl (C=O) groups excluding carboxylic acids is 1. The van der Waals surface area contributed by atoms with Gasteiger partial charge in [0.25, 0.3) is 0 Å². The number of piperazine rings is 1. The van der Waals surface area contributed by atoms with Crippen molar-refractivity contribution in [3.8, 4) is 0 Å². The van der Waals surface area contributed by atoms with E-state index in [0.717, 1.165) is 0 Å². The lowest BCUT2D eigenvalue weighted by Crippen LogP contribution is -2.51. The number of para-hydroxylation sites is 1. The summed E-state index contributed by atoms with van der Waals surface area (Å²) in [4.78, 5) is 26.2. The highest BCUT2D eigenvalue weighted by Gasteiger charge is 2.23. The number of carboxylic acid groups (broad SMARTS) is 1. The van der Waals surface area contributed by atoms with Crippen LogP contribution in [0.3, 0.4) is 0 Å². The summed E-state index contributed by atoms with van der Waals surface area (Å²) in [5, 5.41) is 12.2. The Bertz CT molecular complexity index is 525. The lowest BCUT2D eigenvalue weighted by Gasteiger charge is -2.33. The number of nitrogens with zero attached hydrogens (tertiary/aromatic N) is 2. The highest BCUT2D eigenvalue weighted by atomic mass is 35.5. The number of nitrogens with one attached hydrogen (secondary N) is 1. The molecule has 0 spiro atoms. The van der Waals surface area contributed by atoms with Crippen LogP contribution in [0.25, 0.3) is 0 Å². The number of hydrogen-bond donors (Lipinski definition) is 2. The van der Waals surface area contributed by atoms with Crippen LogP contribution in [0.1, 0.15) is 0 Å². The van der Waals surface area contributed by atoms with Crippen molar-refractivity contribution in [1.29, 1.82) is 0 Å². The Labute approximate surface area is 132 Å². The van der Waals surface area contributed by atoms with E-state index in [1.165, 1.54) is 0 Å². The van der Waals surface area contributed by atoms with E-state index in [0.29, 0.717) is 41.9 Å². The average molecular weight is 332 g/mol. The van der Waals surface area contributed by atoms with E-state index in [4.69, 9.17) is 28.3 Å². The summed E-state index contributed by atoms with van der Waals surface area (Å²) >= 11 is 12.0. The van der Waals surface area contributed by atoms with Gasteiger partial charge in [-0.1, -0.05) is 29.3 Å². The Hall–Kier alpha value is -1.50. The van der Waals surface area contributed by atoms with Crippen molar-refractivity contribution in [3.63, 3.8) is 0 Å². The Morgan fingerprint density at radius 3 is 2.24 bits per heavy atom. The highest BCUT2D eigenvalue weighted by Crippen LogP contribution is 2.30. The standard InChI is InChI=1S/C13H15Cl2N3O3/c14-9-2-1-3-10(15)12(9)16-13(21)18-6-4-17(5-7-18)8-11(19)20/h1-3H,4-8H2,(H,16,21)(H,19,20). The number of aliphatic carboxylic acids is 1. The molecule has 1 heterocycles. The summed E-state index contributed by atoms with van der Waals surface area (Å²) in [6.07, 6.45) is 0. The molecule has 2 amide bonds. The third kappa shape index (κ3) is 4.23. The zero-order valence-corrected chi connectivity index (χ0v) is 12.7. The Kier molecular flexibility index (Phi) is 5.27. The van der Waals surface area contributed by atoms with Crippen LogP contribution >= 0.6 is 23.2 Å². The Morgan fingerprint density at radius 1 is 1.14 bits per heavy atom. The summed E-state index contributed by atoms with van der Waals surface area (Å²) in [7, 11) is 0. The minimum atomic E-state index is -0.865.